The number of carbonyl (C=O) groups excluding carboxylic acids is 1. The van der Waals surface area contributed by atoms with Gasteiger partial charge in [0, 0.05) is 6.92 Å². The van der Waals surface area contributed by atoms with E-state index in [-0.39, 0.29) is 0 Å². The minimum Gasteiger partial charge on any atom is -0.480 e. The van der Waals surface area contributed by atoms with E-state index in [9.17, 15) is 9.59 Å². The van der Waals surface area contributed by atoms with Crippen LogP contribution < -0.4 is 4.74 Å². The summed E-state index contributed by atoms with van der Waals surface area (Å²) >= 11 is 3.02. The van der Waals surface area contributed by atoms with Gasteiger partial charge >= 0.3 is 11.9 Å². The molecule has 0 fully saturated rings. The molecule has 0 heterocycles. The Bertz CT molecular complexity index is 372. The molecule has 0 saturated heterocycles. The maximum atomic E-state index is 10.6. The zero-order valence-corrected chi connectivity index (χ0v) is 9.52. The normalized spacial score (nSPS) is 11.9. The van der Waals surface area contributed by atoms with E-state index in [2.05, 4.69) is 15.9 Å². The molecule has 0 aromatic heterocycles. The van der Waals surface area contributed by atoms with Crippen LogP contribution in [0.15, 0.2) is 24.3 Å². The van der Waals surface area contributed by atoms with E-state index in [1.165, 1.54) is 6.92 Å². The largest absolute Gasteiger partial charge is 0.480 e. The molecule has 80 valence electrons. The number of carboxylic acids is 1. The number of aliphatic carboxylic acids is 1. The number of esters is 1. The molecule has 0 aliphatic carbocycles. The van der Waals surface area contributed by atoms with E-state index in [1.807, 2.05) is 0 Å². The Kier molecular flexibility index (Phi) is 3.85. The van der Waals surface area contributed by atoms with E-state index in [0.29, 0.717) is 11.3 Å². The summed E-state index contributed by atoms with van der Waals surface area (Å²) in [7, 11) is 0. The first-order chi connectivity index (χ1) is 7.00. The Hall–Kier alpha value is -1.36. The van der Waals surface area contributed by atoms with Gasteiger partial charge in [0.15, 0.2) is 0 Å². The summed E-state index contributed by atoms with van der Waals surface area (Å²) in [5, 5.41) is 8.72. The molecule has 1 rings (SSSR count). The standard InChI is InChI=1S/C10H9BrO4/c1-6(12)15-8-4-2-7(3-5-8)9(11)10(13)14/h2-5,9H,1H3,(H,13,14). The van der Waals surface area contributed by atoms with Crippen LogP contribution in [0, 0.1) is 0 Å². The lowest BCUT2D eigenvalue weighted by molar-refractivity contribution is -0.136. The van der Waals surface area contributed by atoms with Crippen molar-refractivity contribution in [1.82, 2.24) is 0 Å². The van der Waals surface area contributed by atoms with Crippen molar-refractivity contribution in [2.24, 2.45) is 0 Å². The van der Waals surface area contributed by atoms with Crippen molar-refractivity contribution in [3.8, 4) is 5.75 Å². The molecular weight excluding hydrogens is 264 g/mol. The van der Waals surface area contributed by atoms with Crippen molar-refractivity contribution < 1.29 is 19.4 Å². The van der Waals surface area contributed by atoms with Crippen molar-refractivity contribution in [2.45, 2.75) is 11.8 Å². The van der Waals surface area contributed by atoms with E-state index in [4.69, 9.17) is 9.84 Å². The summed E-state index contributed by atoms with van der Waals surface area (Å²) in [6, 6.07) is 6.28. The van der Waals surface area contributed by atoms with Crippen molar-refractivity contribution in [3.63, 3.8) is 0 Å². The highest BCUT2D eigenvalue weighted by atomic mass is 79.9. The van der Waals surface area contributed by atoms with E-state index in [1.54, 1.807) is 24.3 Å². The molecule has 0 amide bonds. The van der Waals surface area contributed by atoms with Crippen LogP contribution in [-0.2, 0) is 9.59 Å². The van der Waals surface area contributed by atoms with Gasteiger partial charge in [-0.15, -0.1) is 0 Å². The summed E-state index contributed by atoms with van der Waals surface area (Å²) in [6.45, 7) is 1.30. The summed E-state index contributed by atoms with van der Waals surface area (Å²) in [4.78, 5) is 20.5. The van der Waals surface area contributed by atoms with Gasteiger partial charge in [0.05, 0.1) is 0 Å². The molecule has 4 nitrogen and oxygen atoms in total. The Labute approximate surface area is 95.0 Å². The molecule has 1 aromatic carbocycles. The summed E-state index contributed by atoms with van der Waals surface area (Å²) in [5.41, 5.74) is 0.596. The fourth-order valence-electron chi connectivity index (χ4n) is 1.01. The number of carbonyl (C=O) groups is 2. The lowest BCUT2D eigenvalue weighted by atomic mass is 10.1. The van der Waals surface area contributed by atoms with Crippen molar-refractivity contribution in [3.05, 3.63) is 29.8 Å². The number of rotatable bonds is 3. The van der Waals surface area contributed by atoms with Crippen LogP contribution in [0.2, 0.25) is 0 Å². The molecule has 1 unspecified atom stereocenters. The summed E-state index contributed by atoms with van der Waals surface area (Å²) < 4.78 is 4.81. The van der Waals surface area contributed by atoms with Gasteiger partial charge in [-0.25, -0.2) is 0 Å². The zero-order valence-electron chi connectivity index (χ0n) is 7.94. The molecule has 15 heavy (non-hydrogen) atoms. The van der Waals surface area contributed by atoms with Crippen LogP contribution in [0.1, 0.15) is 17.3 Å². The van der Waals surface area contributed by atoms with E-state index in [0.717, 1.165) is 0 Å². The first-order valence-electron chi connectivity index (χ1n) is 4.16. The fourth-order valence-corrected chi connectivity index (χ4v) is 1.32. The second kappa shape index (κ2) is 4.93. The predicted octanol–water partition coefficient (Wildman–Crippen LogP) is 2.13. The molecule has 1 aromatic rings. The molecule has 0 spiro atoms. The zero-order chi connectivity index (χ0) is 11.4. The van der Waals surface area contributed by atoms with Crippen molar-refractivity contribution in [1.29, 1.82) is 0 Å². The molecular formula is C10H9BrO4. The molecule has 0 bridgehead atoms. The van der Waals surface area contributed by atoms with Crippen LogP contribution >= 0.6 is 15.9 Å². The van der Waals surface area contributed by atoms with Gasteiger partial charge < -0.3 is 9.84 Å². The lowest BCUT2D eigenvalue weighted by Crippen LogP contribution is -2.05. The highest BCUT2D eigenvalue weighted by Gasteiger charge is 2.15. The van der Waals surface area contributed by atoms with Gasteiger partial charge in [-0.1, -0.05) is 28.1 Å². The topological polar surface area (TPSA) is 63.6 Å². The number of hydrogen-bond acceptors (Lipinski definition) is 3. The monoisotopic (exact) mass is 272 g/mol. The molecule has 5 heteroatoms. The van der Waals surface area contributed by atoms with Gasteiger partial charge in [0.1, 0.15) is 10.6 Å². The number of ether oxygens (including phenoxy) is 1. The summed E-state index contributed by atoms with van der Waals surface area (Å²) in [5.74, 6) is -0.969. The third kappa shape index (κ3) is 3.36. The van der Waals surface area contributed by atoms with Gasteiger partial charge in [0.25, 0.3) is 0 Å². The van der Waals surface area contributed by atoms with Gasteiger partial charge in [-0.05, 0) is 17.7 Å². The molecule has 0 aliphatic rings. The Morgan fingerprint density at radius 3 is 2.27 bits per heavy atom. The summed E-state index contributed by atoms with van der Waals surface area (Å²) in [6.07, 6.45) is 0. The average Bonchev–Trinajstić information content (AvgIpc) is 2.17. The maximum Gasteiger partial charge on any atom is 0.321 e. The molecule has 1 atom stereocenters. The van der Waals surface area contributed by atoms with Crippen molar-refractivity contribution >= 4 is 27.9 Å². The van der Waals surface area contributed by atoms with Crippen molar-refractivity contribution in [2.75, 3.05) is 0 Å². The molecule has 1 N–H and O–H groups in total. The Balaban J connectivity index is 2.80. The van der Waals surface area contributed by atoms with E-state index >= 15 is 0 Å². The first kappa shape index (κ1) is 11.7. The number of alkyl halides is 1. The SMILES string of the molecule is CC(=O)Oc1ccc(C(Br)C(=O)O)cc1. The minimum absolute atomic E-state index is 0.399. The molecule has 0 aliphatic heterocycles. The third-order valence-electron chi connectivity index (χ3n) is 1.65. The smallest absolute Gasteiger partial charge is 0.321 e. The molecule has 0 saturated carbocycles. The quantitative estimate of drug-likeness (QED) is 0.520. The second-order valence-electron chi connectivity index (χ2n) is 2.86. The van der Waals surface area contributed by atoms with Crippen LogP contribution in [0.5, 0.6) is 5.75 Å². The van der Waals surface area contributed by atoms with Gasteiger partial charge in [0.2, 0.25) is 0 Å². The highest BCUT2D eigenvalue weighted by Crippen LogP contribution is 2.24. The number of hydrogen-bond donors (Lipinski definition) is 1. The van der Waals surface area contributed by atoms with E-state index < -0.39 is 16.8 Å². The number of benzene rings is 1. The Morgan fingerprint density at radius 2 is 1.87 bits per heavy atom. The third-order valence-corrected chi connectivity index (χ3v) is 2.57. The Morgan fingerprint density at radius 1 is 1.33 bits per heavy atom. The number of halogens is 1. The average molecular weight is 273 g/mol. The van der Waals surface area contributed by atoms with Crippen LogP contribution in [-0.4, -0.2) is 17.0 Å². The fraction of sp³-hybridized carbons (Fsp3) is 0.200. The van der Waals surface area contributed by atoms with Crippen LogP contribution in [0.25, 0.3) is 0 Å². The van der Waals surface area contributed by atoms with Gasteiger partial charge in [-0.2, -0.15) is 0 Å². The second-order valence-corrected chi connectivity index (χ2v) is 3.78. The molecule has 0 radical (unpaired) electrons. The minimum atomic E-state index is -0.963. The van der Waals surface area contributed by atoms with Crippen LogP contribution in [0.3, 0.4) is 0 Å². The lowest BCUT2D eigenvalue weighted by Gasteiger charge is -2.06. The number of carboxylic acid groups (broad SMARTS) is 1. The van der Waals surface area contributed by atoms with Gasteiger partial charge in [-0.3, -0.25) is 9.59 Å². The predicted molar refractivity (Wildman–Crippen MR) is 57.1 cm³/mol. The first-order valence-corrected chi connectivity index (χ1v) is 5.07. The van der Waals surface area contributed by atoms with Crippen LogP contribution in [0.4, 0.5) is 0 Å². The maximum absolute atomic E-state index is 10.6. The highest BCUT2D eigenvalue weighted by molar-refractivity contribution is 9.09.